The fraction of sp³-hybridized carbons (Fsp3) is 0.583. The number of allylic oxidation sites excluding steroid dienone is 4. The third-order valence-electron chi connectivity index (χ3n) is 1.86. The average molecular weight is 179 g/mol. The molecule has 13 heavy (non-hydrogen) atoms. The molecule has 0 fully saturated rings. The van der Waals surface area contributed by atoms with Crippen molar-refractivity contribution in [2.24, 2.45) is 0 Å². The van der Waals surface area contributed by atoms with Gasteiger partial charge in [-0.25, -0.2) is 0 Å². The van der Waals surface area contributed by atoms with E-state index < -0.39 is 0 Å². The zero-order valence-corrected chi connectivity index (χ0v) is 8.68. The van der Waals surface area contributed by atoms with Gasteiger partial charge in [0.15, 0.2) is 0 Å². The molecule has 0 atom stereocenters. The Morgan fingerprint density at radius 2 is 2.15 bits per heavy atom. The molecule has 0 heterocycles. The van der Waals surface area contributed by atoms with Crippen LogP contribution in [0.2, 0.25) is 0 Å². The molecule has 0 bridgehead atoms. The SMILES string of the molecule is CCCCC=CCC(C)=CC[C]=O. The second-order valence-electron chi connectivity index (χ2n) is 3.22. The van der Waals surface area contributed by atoms with Gasteiger partial charge in [-0.1, -0.05) is 43.6 Å². The minimum absolute atomic E-state index is 0.425. The van der Waals surface area contributed by atoms with Crippen LogP contribution >= 0.6 is 0 Å². The maximum absolute atomic E-state index is 9.94. The second-order valence-corrected chi connectivity index (χ2v) is 3.22. The predicted octanol–water partition coefficient (Wildman–Crippen LogP) is 3.57. The molecular formula is C12H19O. The zero-order valence-electron chi connectivity index (χ0n) is 8.68. The van der Waals surface area contributed by atoms with Crippen molar-refractivity contribution in [3.63, 3.8) is 0 Å². The highest BCUT2D eigenvalue weighted by atomic mass is 16.1. The van der Waals surface area contributed by atoms with Crippen LogP contribution in [-0.2, 0) is 4.79 Å². The van der Waals surface area contributed by atoms with Crippen LogP contribution < -0.4 is 0 Å². The van der Waals surface area contributed by atoms with E-state index in [-0.39, 0.29) is 0 Å². The highest BCUT2D eigenvalue weighted by Gasteiger charge is 1.85. The first kappa shape index (κ1) is 12.2. The monoisotopic (exact) mass is 179 g/mol. The topological polar surface area (TPSA) is 17.1 Å². The number of hydrogen-bond acceptors (Lipinski definition) is 1. The van der Waals surface area contributed by atoms with Crippen molar-refractivity contribution in [3.8, 4) is 0 Å². The Balaban J connectivity index is 3.50. The second kappa shape index (κ2) is 9.24. The molecule has 0 aliphatic rings. The number of unbranched alkanes of at least 4 members (excludes halogenated alkanes) is 2. The van der Waals surface area contributed by atoms with Gasteiger partial charge in [0, 0.05) is 6.42 Å². The summed E-state index contributed by atoms with van der Waals surface area (Å²) in [6.45, 7) is 4.24. The molecule has 73 valence electrons. The van der Waals surface area contributed by atoms with Gasteiger partial charge in [-0.15, -0.1) is 0 Å². The van der Waals surface area contributed by atoms with Gasteiger partial charge in [0.2, 0.25) is 6.29 Å². The van der Waals surface area contributed by atoms with E-state index in [1.807, 2.05) is 19.3 Å². The van der Waals surface area contributed by atoms with Crippen LogP contribution in [0.15, 0.2) is 23.8 Å². The van der Waals surface area contributed by atoms with Gasteiger partial charge in [-0.2, -0.15) is 0 Å². The first-order valence-electron chi connectivity index (χ1n) is 4.97. The lowest BCUT2D eigenvalue weighted by Gasteiger charge is -1.93. The Morgan fingerprint density at radius 1 is 1.38 bits per heavy atom. The standard InChI is InChI=1S/C12H19O/c1-3-4-5-6-7-9-12(2)10-8-11-13/h6-7,10H,3-5,8-9H2,1-2H3. The Hall–Kier alpha value is -0.850. The summed E-state index contributed by atoms with van der Waals surface area (Å²) in [7, 11) is 0. The summed E-state index contributed by atoms with van der Waals surface area (Å²) in [5.41, 5.74) is 1.25. The maximum atomic E-state index is 9.94. The quantitative estimate of drug-likeness (QED) is 0.431. The number of rotatable bonds is 7. The molecule has 0 aliphatic heterocycles. The van der Waals surface area contributed by atoms with Gasteiger partial charge < -0.3 is 0 Å². The van der Waals surface area contributed by atoms with Crippen LogP contribution in [0.5, 0.6) is 0 Å². The number of carbonyl (C=O) groups excluding carboxylic acids is 1. The summed E-state index contributed by atoms with van der Waals surface area (Å²) in [6.07, 6.45) is 13.2. The van der Waals surface area contributed by atoms with Gasteiger partial charge in [-0.05, 0) is 19.8 Å². The van der Waals surface area contributed by atoms with E-state index in [1.54, 1.807) is 0 Å². The molecule has 1 heteroatoms. The first-order chi connectivity index (χ1) is 6.31. The highest BCUT2D eigenvalue weighted by Crippen LogP contribution is 2.03. The van der Waals surface area contributed by atoms with Crippen LogP contribution in [0.25, 0.3) is 0 Å². The summed E-state index contributed by atoms with van der Waals surface area (Å²) in [4.78, 5) is 9.94. The Kier molecular flexibility index (Phi) is 8.64. The van der Waals surface area contributed by atoms with Gasteiger partial charge >= 0.3 is 0 Å². The molecule has 0 rings (SSSR count). The molecule has 0 aliphatic carbocycles. The fourth-order valence-electron chi connectivity index (χ4n) is 1.01. The maximum Gasteiger partial charge on any atom is 0.202 e. The van der Waals surface area contributed by atoms with E-state index in [4.69, 9.17) is 0 Å². The average Bonchev–Trinajstić information content (AvgIpc) is 2.14. The van der Waals surface area contributed by atoms with Crippen molar-refractivity contribution in [3.05, 3.63) is 23.8 Å². The Morgan fingerprint density at radius 3 is 2.77 bits per heavy atom. The van der Waals surface area contributed by atoms with Gasteiger partial charge in [0.1, 0.15) is 0 Å². The van der Waals surface area contributed by atoms with Crippen molar-refractivity contribution in [1.29, 1.82) is 0 Å². The van der Waals surface area contributed by atoms with Crippen molar-refractivity contribution in [2.75, 3.05) is 0 Å². The molecule has 0 aromatic carbocycles. The van der Waals surface area contributed by atoms with Gasteiger partial charge in [-0.3, -0.25) is 4.79 Å². The summed E-state index contributed by atoms with van der Waals surface area (Å²) in [5.74, 6) is 0. The van der Waals surface area contributed by atoms with Crippen molar-refractivity contribution < 1.29 is 4.79 Å². The molecule has 0 aromatic rings. The molecule has 0 spiro atoms. The van der Waals surface area contributed by atoms with Gasteiger partial charge in [0.05, 0.1) is 0 Å². The largest absolute Gasteiger partial charge is 0.291 e. The minimum atomic E-state index is 0.425. The summed E-state index contributed by atoms with van der Waals surface area (Å²) < 4.78 is 0. The molecule has 0 N–H and O–H groups in total. The molecular weight excluding hydrogens is 160 g/mol. The van der Waals surface area contributed by atoms with E-state index in [2.05, 4.69) is 19.1 Å². The first-order valence-corrected chi connectivity index (χ1v) is 4.97. The van der Waals surface area contributed by atoms with Crippen LogP contribution in [0.4, 0.5) is 0 Å². The molecule has 1 radical (unpaired) electrons. The van der Waals surface area contributed by atoms with Crippen LogP contribution in [0.1, 0.15) is 46.0 Å². The summed E-state index contributed by atoms with van der Waals surface area (Å²) >= 11 is 0. The molecule has 0 aromatic heterocycles. The van der Waals surface area contributed by atoms with E-state index in [1.165, 1.54) is 24.8 Å². The lowest BCUT2D eigenvalue weighted by Crippen LogP contribution is -1.75. The molecule has 0 amide bonds. The summed E-state index contributed by atoms with van der Waals surface area (Å²) in [6, 6.07) is 0. The summed E-state index contributed by atoms with van der Waals surface area (Å²) in [5, 5.41) is 0. The smallest absolute Gasteiger partial charge is 0.202 e. The molecule has 0 saturated heterocycles. The van der Waals surface area contributed by atoms with Crippen molar-refractivity contribution >= 4 is 6.29 Å². The van der Waals surface area contributed by atoms with Crippen molar-refractivity contribution in [2.45, 2.75) is 46.0 Å². The van der Waals surface area contributed by atoms with Crippen molar-refractivity contribution in [1.82, 2.24) is 0 Å². The third kappa shape index (κ3) is 9.06. The Labute approximate surface area is 81.5 Å². The molecule has 0 saturated carbocycles. The van der Waals surface area contributed by atoms with Crippen LogP contribution in [0.3, 0.4) is 0 Å². The zero-order chi connectivity index (χ0) is 9.94. The normalized spacial score (nSPS) is 12.3. The molecule has 1 nitrogen and oxygen atoms in total. The number of hydrogen-bond donors (Lipinski definition) is 0. The van der Waals surface area contributed by atoms with Crippen LogP contribution in [-0.4, -0.2) is 6.29 Å². The van der Waals surface area contributed by atoms with E-state index in [9.17, 15) is 4.79 Å². The highest BCUT2D eigenvalue weighted by molar-refractivity contribution is 5.53. The fourth-order valence-corrected chi connectivity index (χ4v) is 1.01. The van der Waals surface area contributed by atoms with E-state index in [0.29, 0.717) is 6.42 Å². The lowest BCUT2D eigenvalue weighted by molar-refractivity contribution is 0.556. The molecule has 0 unspecified atom stereocenters. The third-order valence-corrected chi connectivity index (χ3v) is 1.86. The van der Waals surface area contributed by atoms with E-state index >= 15 is 0 Å². The minimum Gasteiger partial charge on any atom is -0.291 e. The lowest BCUT2D eigenvalue weighted by atomic mass is 10.1. The van der Waals surface area contributed by atoms with Gasteiger partial charge in [0.25, 0.3) is 0 Å². The van der Waals surface area contributed by atoms with Crippen LogP contribution in [0, 0.1) is 0 Å². The predicted molar refractivity (Wildman–Crippen MR) is 57.3 cm³/mol. The Bertz CT molecular complexity index is 178. The van der Waals surface area contributed by atoms with E-state index in [0.717, 1.165) is 6.42 Å².